The first-order chi connectivity index (χ1) is 19.6. The Morgan fingerprint density at radius 3 is 2.63 bits per heavy atom. The molecule has 10 nitrogen and oxygen atoms in total. The molecule has 0 unspecified atom stereocenters. The second-order valence-corrected chi connectivity index (χ2v) is 10.2. The van der Waals surface area contributed by atoms with E-state index in [0.29, 0.717) is 39.6 Å². The van der Waals surface area contributed by atoms with E-state index in [0.717, 1.165) is 5.56 Å². The molecule has 0 aliphatic carbocycles. The number of halogens is 1. The van der Waals surface area contributed by atoms with E-state index in [-0.39, 0.29) is 23.4 Å². The number of benzene rings is 2. The van der Waals surface area contributed by atoms with E-state index in [1.165, 1.54) is 6.07 Å². The SMILES string of the molecule is CC#CC(=O)Nc1cccc(-c2nc3c(-c4ccc(CNC(=O)c5nc(C(C)(C)C)no5)c(F)c4)ccnc3[nH]2)c1. The third-order valence-electron chi connectivity index (χ3n) is 6.11. The number of rotatable bonds is 6. The van der Waals surface area contributed by atoms with Crippen molar-refractivity contribution in [3.63, 3.8) is 0 Å². The summed E-state index contributed by atoms with van der Waals surface area (Å²) in [7, 11) is 0. The topological polar surface area (TPSA) is 139 Å². The van der Waals surface area contributed by atoms with Crippen LogP contribution in [-0.2, 0) is 16.8 Å². The minimum atomic E-state index is -0.585. The molecule has 2 amide bonds. The number of imidazole rings is 1. The molecule has 0 saturated heterocycles. The second kappa shape index (κ2) is 11.0. The van der Waals surface area contributed by atoms with Gasteiger partial charge in [-0.3, -0.25) is 9.59 Å². The number of carbonyl (C=O) groups excluding carboxylic acids is 2. The smallest absolute Gasteiger partial charge is 0.315 e. The molecule has 0 spiro atoms. The zero-order chi connectivity index (χ0) is 29.1. The molecule has 3 N–H and O–H groups in total. The number of amides is 2. The average molecular weight is 552 g/mol. The number of anilines is 1. The van der Waals surface area contributed by atoms with Crippen LogP contribution in [0.2, 0.25) is 0 Å². The number of fused-ring (bicyclic) bond motifs is 1. The Kier molecular flexibility index (Phi) is 7.31. The maximum atomic E-state index is 15.1. The Labute approximate surface area is 234 Å². The van der Waals surface area contributed by atoms with Gasteiger partial charge in [-0.05, 0) is 42.7 Å². The van der Waals surface area contributed by atoms with E-state index in [2.05, 4.69) is 42.6 Å². The zero-order valence-electron chi connectivity index (χ0n) is 22.8. The van der Waals surface area contributed by atoms with Gasteiger partial charge >= 0.3 is 11.8 Å². The second-order valence-electron chi connectivity index (χ2n) is 10.2. The summed E-state index contributed by atoms with van der Waals surface area (Å²) in [5, 5.41) is 9.18. The largest absolute Gasteiger partial charge is 0.344 e. The zero-order valence-corrected chi connectivity index (χ0v) is 22.8. The van der Waals surface area contributed by atoms with Crippen LogP contribution >= 0.6 is 0 Å². The highest BCUT2D eigenvalue weighted by molar-refractivity contribution is 6.04. The maximum absolute atomic E-state index is 15.1. The molecular weight excluding hydrogens is 525 g/mol. The summed E-state index contributed by atoms with van der Waals surface area (Å²) < 4.78 is 20.2. The number of hydrogen-bond acceptors (Lipinski definition) is 7. The van der Waals surface area contributed by atoms with Crippen molar-refractivity contribution >= 4 is 28.7 Å². The Morgan fingerprint density at radius 1 is 1.07 bits per heavy atom. The van der Waals surface area contributed by atoms with Crippen molar-refractivity contribution in [2.75, 3.05) is 5.32 Å². The van der Waals surface area contributed by atoms with Crippen molar-refractivity contribution in [3.05, 3.63) is 77.8 Å². The van der Waals surface area contributed by atoms with E-state index >= 15 is 4.39 Å². The van der Waals surface area contributed by atoms with Crippen LogP contribution in [0.15, 0.2) is 59.3 Å². The van der Waals surface area contributed by atoms with Gasteiger partial charge in [0.25, 0.3) is 5.91 Å². The fourth-order valence-electron chi connectivity index (χ4n) is 4.03. The molecule has 2 aromatic carbocycles. The summed E-state index contributed by atoms with van der Waals surface area (Å²) in [6, 6.07) is 13.7. The van der Waals surface area contributed by atoms with Crippen LogP contribution in [0.1, 0.15) is 49.8 Å². The minimum absolute atomic E-state index is 0.0623. The van der Waals surface area contributed by atoms with Crippen molar-refractivity contribution in [2.24, 2.45) is 0 Å². The Bertz CT molecular complexity index is 1840. The van der Waals surface area contributed by atoms with Crippen molar-refractivity contribution < 1.29 is 18.5 Å². The van der Waals surface area contributed by atoms with Gasteiger partial charge in [-0.2, -0.15) is 4.98 Å². The molecule has 5 aromatic rings. The lowest BCUT2D eigenvalue weighted by atomic mass is 9.96. The Hall–Kier alpha value is -5.37. The molecular formula is C30H26FN7O3. The van der Waals surface area contributed by atoms with Gasteiger partial charge in [0.1, 0.15) is 17.2 Å². The maximum Gasteiger partial charge on any atom is 0.315 e. The van der Waals surface area contributed by atoms with E-state index in [4.69, 9.17) is 9.51 Å². The monoisotopic (exact) mass is 551 g/mol. The number of H-pyrrole nitrogens is 1. The van der Waals surface area contributed by atoms with Crippen molar-refractivity contribution in [1.29, 1.82) is 0 Å². The lowest BCUT2D eigenvalue weighted by Gasteiger charge is -2.10. The van der Waals surface area contributed by atoms with Crippen molar-refractivity contribution in [3.8, 4) is 34.4 Å². The normalized spacial score (nSPS) is 11.1. The van der Waals surface area contributed by atoms with E-state index in [9.17, 15) is 9.59 Å². The number of carbonyl (C=O) groups is 2. The number of nitrogens with zero attached hydrogens (tertiary/aromatic N) is 4. The molecule has 41 heavy (non-hydrogen) atoms. The molecule has 11 heteroatoms. The van der Waals surface area contributed by atoms with Gasteiger partial charge in [0.05, 0.1) is 0 Å². The van der Waals surface area contributed by atoms with Crippen molar-refractivity contribution in [2.45, 2.75) is 39.7 Å². The van der Waals surface area contributed by atoms with Gasteiger partial charge in [-0.15, -0.1) is 0 Å². The molecule has 0 bridgehead atoms. The van der Waals surface area contributed by atoms with Gasteiger partial charge in [0, 0.05) is 40.5 Å². The lowest BCUT2D eigenvalue weighted by molar-refractivity contribution is -0.111. The Balaban J connectivity index is 1.35. The first-order valence-corrected chi connectivity index (χ1v) is 12.7. The summed E-state index contributed by atoms with van der Waals surface area (Å²) in [5.74, 6) is 4.28. The molecule has 0 aliphatic heterocycles. The Morgan fingerprint density at radius 2 is 1.90 bits per heavy atom. The summed E-state index contributed by atoms with van der Waals surface area (Å²) in [6.45, 7) is 7.24. The van der Waals surface area contributed by atoms with Crippen LogP contribution in [0.3, 0.4) is 0 Å². The number of aromatic nitrogens is 5. The first kappa shape index (κ1) is 27.2. The van der Waals surface area contributed by atoms with Crippen LogP contribution in [0, 0.1) is 17.7 Å². The standard InChI is InChI=1S/C30H26FN7O3/c1-5-7-23(39)34-20-9-6-8-18(14-20)25-35-24-21(12-13-32-26(24)36-25)17-10-11-19(22(31)15-17)16-33-27(40)28-37-29(38-41-28)30(2,3)4/h6,8-15H,16H2,1-4H3,(H,33,40)(H,34,39)(H,32,35,36). The number of pyridine rings is 1. The van der Waals surface area contributed by atoms with Crippen molar-refractivity contribution in [1.82, 2.24) is 30.4 Å². The molecule has 3 aromatic heterocycles. The summed E-state index contributed by atoms with van der Waals surface area (Å²) in [4.78, 5) is 40.7. The molecule has 0 aliphatic rings. The molecule has 0 saturated carbocycles. The molecule has 0 fully saturated rings. The fraction of sp³-hybridized carbons (Fsp3) is 0.200. The van der Waals surface area contributed by atoms with Crippen LogP contribution in [0.25, 0.3) is 33.7 Å². The average Bonchev–Trinajstić information content (AvgIpc) is 3.61. The predicted octanol–water partition coefficient (Wildman–Crippen LogP) is 5.00. The van der Waals surface area contributed by atoms with E-state index in [1.54, 1.807) is 49.5 Å². The lowest BCUT2D eigenvalue weighted by Crippen LogP contribution is -2.24. The van der Waals surface area contributed by atoms with E-state index < -0.39 is 17.6 Å². The summed E-state index contributed by atoms with van der Waals surface area (Å²) in [6.07, 6.45) is 1.61. The number of hydrogen-bond donors (Lipinski definition) is 3. The van der Waals surface area contributed by atoms with Gasteiger partial charge < -0.3 is 20.1 Å². The number of nitrogens with one attached hydrogen (secondary N) is 3. The highest BCUT2D eigenvalue weighted by atomic mass is 19.1. The molecule has 0 radical (unpaired) electrons. The minimum Gasteiger partial charge on any atom is -0.344 e. The van der Waals surface area contributed by atoms with Crippen LogP contribution < -0.4 is 10.6 Å². The van der Waals surface area contributed by atoms with Gasteiger partial charge in [-0.1, -0.05) is 56.1 Å². The molecule has 5 rings (SSSR count). The van der Waals surface area contributed by atoms with Crippen LogP contribution in [0.5, 0.6) is 0 Å². The van der Waals surface area contributed by atoms with Gasteiger partial charge in [0.15, 0.2) is 11.5 Å². The predicted molar refractivity (Wildman–Crippen MR) is 151 cm³/mol. The molecule has 206 valence electrons. The number of aromatic amines is 1. The highest BCUT2D eigenvalue weighted by Crippen LogP contribution is 2.30. The summed E-state index contributed by atoms with van der Waals surface area (Å²) in [5.41, 5.74) is 3.56. The summed E-state index contributed by atoms with van der Waals surface area (Å²) >= 11 is 0. The van der Waals surface area contributed by atoms with Crippen LogP contribution in [0.4, 0.5) is 10.1 Å². The van der Waals surface area contributed by atoms with E-state index in [1.807, 2.05) is 26.8 Å². The van der Waals surface area contributed by atoms with Gasteiger partial charge in [-0.25, -0.2) is 14.4 Å². The fourth-order valence-corrected chi connectivity index (χ4v) is 4.03. The van der Waals surface area contributed by atoms with Gasteiger partial charge in [0.2, 0.25) is 0 Å². The highest BCUT2D eigenvalue weighted by Gasteiger charge is 2.24. The van der Waals surface area contributed by atoms with Crippen LogP contribution in [-0.4, -0.2) is 36.9 Å². The first-order valence-electron chi connectivity index (χ1n) is 12.7. The third kappa shape index (κ3) is 5.96. The quantitative estimate of drug-likeness (QED) is 0.252. The third-order valence-corrected chi connectivity index (χ3v) is 6.11. The molecule has 0 atom stereocenters. The molecule has 3 heterocycles.